The van der Waals surface area contributed by atoms with Crippen molar-refractivity contribution < 1.29 is 13.2 Å². The third kappa shape index (κ3) is 5.60. The monoisotopic (exact) mass is 428 g/mol. The first-order valence-corrected chi connectivity index (χ1v) is 11.2. The Kier molecular flexibility index (Phi) is 6.77. The lowest BCUT2D eigenvalue weighted by atomic mass is 10.1. The Bertz CT molecular complexity index is 866. The van der Waals surface area contributed by atoms with E-state index in [0.717, 1.165) is 5.88 Å². The highest BCUT2D eigenvalue weighted by atomic mass is 32.2. The van der Waals surface area contributed by atoms with Crippen LogP contribution in [-0.4, -0.2) is 42.9 Å². The van der Waals surface area contributed by atoms with Crippen molar-refractivity contribution in [3.05, 3.63) is 40.9 Å². The molecule has 0 bridgehead atoms. The summed E-state index contributed by atoms with van der Waals surface area (Å²) in [5.41, 5.74) is 0.651. The van der Waals surface area contributed by atoms with E-state index in [1.54, 1.807) is 30.8 Å². The van der Waals surface area contributed by atoms with Crippen molar-refractivity contribution >= 4 is 45.0 Å². The van der Waals surface area contributed by atoms with Gasteiger partial charge in [0.2, 0.25) is 5.91 Å². The molecule has 10 heteroatoms. The van der Waals surface area contributed by atoms with E-state index in [1.807, 2.05) is 30.4 Å². The molecule has 1 amide bonds. The Hall–Kier alpha value is -1.78. The van der Waals surface area contributed by atoms with Gasteiger partial charge in [-0.3, -0.25) is 9.52 Å². The van der Waals surface area contributed by atoms with Crippen molar-refractivity contribution in [1.29, 1.82) is 0 Å². The Balaban J connectivity index is 2.14. The minimum atomic E-state index is -3.81. The highest BCUT2D eigenvalue weighted by Crippen LogP contribution is 2.23. The van der Waals surface area contributed by atoms with Gasteiger partial charge in [-0.1, -0.05) is 12.1 Å². The molecule has 0 spiro atoms. The number of hydrogen-bond acceptors (Lipinski definition) is 6. The van der Waals surface area contributed by atoms with Crippen LogP contribution < -0.4 is 15.4 Å². The summed E-state index contributed by atoms with van der Waals surface area (Å²) < 4.78 is 27.3. The SMILES string of the molecule is CNC(=S)NS(=O)(=O)c1cc(CC(=O)NC(C)(C)N2C=CSC2)ccc1C. The molecule has 3 N–H and O–H groups in total. The predicted octanol–water partition coefficient (Wildman–Crippen LogP) is 1.65. The van der Waals surface area contributed by atoms with Gasteiger partial charge in [-0.2, -0.15) is 0 Å². The number of thiocarbonyl (C=S) groups is 1. The minimum absolute atomic E-state index is 0.0100. The van der Waals surface area contributed by atoms with E-state index in [-0.39, 0.29) is 22.3 Å². The maximum Gasteiger partial charge on any atom is 0.263 e. The third-order valence-electron chi connectivity index (χ3n) is 4.07. The van der Waals surface area contributed by atoms with Crippen LogP contribution in [0.25, 0.3) is 0 Å². The topological polar surface area (TPSA) is 90.5 Å². The van der Waals surface area contributed by atoms with Gasteiger partial charge in [-0.15, -0.1) is 11.8 Å². The molecule has 7 nitrogen and oxygen atoms in total. The molecule has 1 aliphatic heterocycles. The molecule has 0 fully saturated rings. The quantitative estimate of drug-likeness (QED) is 0.594. The fourth-order valence-electron chi connectivity index (χ4n) is 2.55. The largest absolute Gasteiger partial charge is 0.365 e. The summed E-state index contributed by atoms with van der Waals surface area (Å²) in [4.78, 5) is 14.6. The second-order valence-corrected chi connectivity index (χ2v) is 9.54. The first-order valence-electron chi connectivity index (χ1n) is 8.25. The van der Waals surface area contributed by atoms with E-state index in [9.17, 15) is 13.2 Å². The van der Waals surface area contributed by atoms with Crippen molar-refractivity contribution in [1.82, 2.24) is 20.3 Å². The molecule has 2 rings (SSSR count). The average molecular weight is 429 g/mol. The van der Waals surface area contributed by atoms with Gasteiger partial charge in [-0.25, -0.2) is 8.42 Å². The lowest BCUT2D eigenvalue weighted by molar-refractivity contribution is -0.123. The summed E-state index contributed by atoms with van der Waals surface area (Å²) in [6.07, 6.45) is 2.02. The van der Waals surface area contributed by atoms with Crippen LogP contribution in [0.3, 0.4) is 0 Å². The van der Waals surface area contributed by atoms with Crippen molar-refractivity contribution in [2.45, 2.75) is 37.8 Å². The fourth-order valence-corrected chi connectivity index (χ4v) is 5.02. The summed E-state index contributed by atoms with van der Waals surface area (Å²) in [5, 5.41) is 7.55. The molecule has 27 heavy (non-hydrogen) atoms. The van der Waals surface area contributed by atoms with Crippen LogP contribution in [0.15, 0.2) is 34.7 Å². The zero-order valence-electron chi connectivity index (χ0n) is 15.7. The van der Waals surface area contributed by atoms with Crippen molar-refractivity contribution in [3.63, 3.8) is 0 Å². The summed E-state index contributed by atoms with van der Waals surface area (Å²) in [7, 11) is -2.28. The van der Waals surface area contributed by atoms with Gasteiger partial charge < -0.3 is 15.5 Å². The maximum absolute atomic E-state index is 12.5. The smallest absolute Gasteiger partial charge is 0.263 e. The van der Waals surface area contributed by atoms with Crippen LogP contribution in [0.4, 0.5) is 0 Å². The number of carbonyl (C=O) groups is 1. The highest BCUT2D eigenvalue weighted by molar-refractivity contribution is 8.02. The lowest BCUT2D eigenvalue weighted by Crippen LogP contribution is -2.54. The number of amides is 1. The summed E-state index contributed by atoms with van der Waals surface area (Å²) >= 11 is 6.54. The van der Waals surface area contributed by atoms with E-state index in [0.29, 0.717) is 11.1 Å². The molecule has 1 aliphatic rings. The summed E-state index contributed by atoms with van der Waals surface area (Å²) in [6, 6.07) is 4.95. The van der Waals surface area contributed by atoms with Crippen LogP contribution in [0.1, 0.15) is 25.0 Å². The first kappa shape index (κ1) is 21.5. The molecule has 0 unspecified atom stereocenters. The van der Waals surface area contributed by atoms with Gasteiger partial charge in [0.25, 0.3) is 10.0 Å². The number of thioether (sulfide) groups is 1. The Labute approximate surface area is 170 Å². The normalized spacial score (nSPS) is 14.1. The Morgan fingerprint density at radius 3 is 2.67 bits per heavy atom. The van der Waals surface area contributed by atoms with Crippen LogP contribution in [-0.2, 0) is 21.2 Å². The van der Waals surface area contributed by atoms with Crippen molar-refractivity contribution in [2.24, 2.45) is 0 Å². The number of aryl methyl sites for hydroxylation is 1. The molecule has 1 aromatic carbocycles. The number of nitrogens with zero attached hydrogens (tertiary/aromatic N) is 1. The van der Waals surface area contributed by atoms with Gasteiger partial charge in [0, 0.05) is 13.2 Å². The van der Waals surface area contributed by atoms with Crippen LogP contribution in [0.2, 0.25) is 0 Å². The van der Waals surface area contributed by atoms with Crippen LogP contribution in [0.5, 0.6) is 0 Å². The Morgan fingerprint density at radius 1 is 1.37 bits per heavy atom. The van der Waals surface area contributed by atoms with Crippen LogP contribution >= 0.6 is 24.0 Å². The maximum atomic E-state index is 12.5. The number of sulfonamides is 1. The zero-order valence-corrected chi connectivity index (χ0v) is 18.1. The standard InChI is InChI=1S/C17H24N4O3S3/c1-12-5-6-13(9-14(12)27(23,24)20-16(25)18-4)10-15(22)19-17(2,3)21-7-8-26-11-21/h5-9H,10-11H2,1-4H3,(H,19,22)(H2,18,20,25). The Morgan fingerprint density at radius 2 is 2.07 bits per heavy atom. The third-order valence-corrected chi connectivity index (χ3v) is 6.74. The molecule has 1 aromatic rings. The summed E-state index contributed by atoms with van der Waals surface area (Å²) in [5.74, 6) is 0.591. The van der Waals surface area contributed by atoms with E-state index >= 15 is 0 Å². The van der Waals surface area contributed by atoms with E-state index < -0.39 is 15.7 Å². The number of nitrogens with one attached hydrogen (secondary N) is 3. The first-order chi connectivity index (χ1) is 12.5. The molecule has 148 valence electrons. The fraction of sp³-hybridized carbons (Fsp3) is 0.412. The van der Waals surface area contributed by atoms with E-state index in [4.69, 9.17) is 12.2 Å². The number of carbonyl (C=O) groups excluding carboxylic acids is 1. The summed E-state index contributed by atoms with van der Waals surface area (Å²) in [6.45, 7) is 5.55. The molecule has 0 saturated carbocycles. The molecule has 0 radical (unpaired) electrons. The van der Waals surface area contributed by atoms with Gasteiger partial charge in [-0.05, 0) is 55.6 Å². The van der Waals surface area contributed by atoms with E-state index in [2.05, 4.69) is 15.4 Å². The molecule has 0 aliphatic carbocycles. The van der Waals surface area contributed by atoms with Crippen LogP contribution in [0, 0.1) is 6.92 Å². The van der Waals surface area contributed by atoms with Gasteiger partial charge in [0.15, 0.2) is 5.11 Å². The zero-order chi connectivity index (χ0) is 20.2. The van der Waals surface area contributed by atoms with Gasteiger partial charge >= 0.3 is 0 Å². The average Bonchev–Trinajstić information content (AvgIpc) is 3.11. The number of hydrogen-bond donors (Lipinski definition) is 3. The second-order valence-electron chi connectivity index (χ2n) is 6.62. The molecular formula is C17H24N4O3S3. The van der Waals surface area contributed by atoms with Gasteiger partial charge in [0.1, 0.15) is 5.66 Å². The molecule has 0 aromatic heterocycles. The van der Waals surface area contributed by atoms with Gasteiger partial charge in [0.05, 0.1) is 17.2 Å². The molecule has 1 heterocycles. The lowest BCUT2D eigenvalue weighted by Gasteiger charge is -2.36. The van der Waals surface area contributed by atoms with Crippen molar-refractivity contribution in [2.75, 3.05) is 12.9 Å². The number of rotatable bonds is 6. The molecular weight excluding hydrogens is 404 g/mol. The molecule has 0 atom stereocenters. The molecule has 0 saturated heterocycles. The van der Waals surface area contributed by atoms with E-state index in [1.165, 1.54) is 13.1 Å². The predicted molar refractivity (Wildman–Crippen MR) is 113 cm³/mol. The minimum Gasteiger partial charge on any atom is -0.365 e. The second kappa shape index (κ2) is 8.49. The highest BCUT2D eigenvalue weighted by Gasteiger charge is 2.28. The number of benzene rings is 1. The van der Waals surface area contributed by atoms with Crippen molar-refractivity contribution in [3.8, 4) is 0 Å².